The summed E-state index contributed by atoms with van der Waals surface area (Å²) in [7, 11) is -3.59. The quantitative estimate of drug-likeness (QED) is 0.492. The van der Waals surface area contributed by atoms with Crippen LogP contribution in [0.25, 0.3) is 11.1 Å². The molecule has 0 unspecified atom stereocenters. The maximum Gasteiger partial charge on any atom is 0.257 e. The number of fused-ring (bicyclic) bond motifs is 2. The van der Waals surface area contributed by atoms with Crippen LogP contribution in [0.1, 0.15) is 13.8 Å². The number of rotatable bonds is 8. The van der Waals surface area contributed by atoms with Crippen LogP contribution in [-0.4, -0.2) is 55.7 Å². The first-order chi connectivity index (χ1) is 15.4. The Kier molecular flexibility index (Phi) is 6.58. The van der Waals surface area contributed by atoms with Gasteiger partial charge in [0.1, 0.15) is 18.7 Å². The standard InChI is InChI=1S/C21H23N3O6S2/c1-3-24(4-2)32(26,27)15-6-8-17-16(12-15)23-21(30-17)31-13-20(25)22-14-5-7-18-19(11-14)29-10-9-28-18/h5-8,11-12H,3-4,9-10,13H2,1-2H3,(H,22,25). The normalized spacial score (nSPS) is 13.5. The highest BCUT2D eigenvalue weighted by atomic mass is 32.2. The number of anilines is 1. The van der Waals surface area contributed by atoms with E-state index in [-0.39, 0.29) is 21.8 Å². The molecule has 1 N–H and O–H groups in total. The zero-order chi connectivity index (χ0) is 22.7. The summed E-state index contributed by atoms with van der Waals surface area (Å²) in [6.45, 7) is 5.32. The SMILES string of the molecule is CCN(CC)S(=O)(=O)c1ccc2oc(SCC(=O)Nc3ccc4c(c3)OCCO4)nc2c1. The van der Waals surface area contributed by atoms with Crippen LogP contribution in [0.4, 0.5) is 5.69 Å². The molecule has 11 heteroatoms. The Morgan fingerprint density at radius 3 is 2.59 bits per heavy atom. The highest BCUT2D eigenvalue weighted by Crippen LogP contribution is 2.33. The van der Waals surface area contributed by atoms with E-state index in [1.807, 2.05) is 0 Å². The molecular weight excluding hydrogens is 454 g/mol. The van der Waals surface area contributed by atoms with Crippen molar-refractivity contribution < 1.29 is 27.1 Å². The molecule has 1 aliphatic heterocycles. The highest BCUT2D eigenvalue weighted by molar-refractivity contribution is 7.99. The topological polar surface area (TPSA) is 111 Å². The first-order valence-corrected chi connectivity index (χ1v) is 12.6. The molecule has 1 amide bonds. The van der Waals surface area contributed by atoms with Gasteiger partial charge >= 0.3 is 0 Å². The monoisotopic (exact) mass is 477 g/mol. The summed E-state index contributed by atoms with van der Waals surface area (Å²) in [5.41, 5.74) is 1.48. The van der Waals surface area contributed by atoms with Gasteiger partial charge in [-0.2, -0.15) is 4.31 Å². The molecule has 0 radical (unpaired) electrons. The van der Waals surface area contributed by atoms with Crippen molar-refractivity contribution in [3.63, 3.8) is 0 Å². The lowest BCUT2D eigenvalue weighted by molar-refractivity contribution is -0.113. The van der Waals surface area contributed by atoms with Crippen LogP contribution in [0, 0.1) is 0 Å². The number of carbonyl (C=O) groups excluding carboxylic acids is 1. The van der Waals surface area contributed by atoms with Gasteiger partial charge in [0, 0.05) is 24.8 Å². The Bertz CT molecular complexity index is 1240. The second kappa shape index (κ2) is 9.39. The molecule has 3 aromatic rings. The Morgan fingerprint density at radius 2 is 1.84 bits per heavy atom. The van der Waals surface area contributed by atoms with E-state index in [0.717, 1.165) is 11.8 Å². The van der Waals surface area contributed by atoms with Gasteiger partial charge in [0.05, 0.1) is 10.6 Å². The van der Waals surface area contributed by atoms with Crippen molar-refractivity contribution in [1.82, 2.24) is 9.29 Å². The molecule has 0 atom stereocenters. The Labute approximate surface area is 190 Å². The highest BCUT2D eigenvalue weighted by Gasteiger charge is 2.23. The van der Waals surface area contributed by atoms with Gasteiger partial charge in [-0.1, -0.05) is 25.6 Å². The number of nitrogens with one attached hydrogen (secondary N) is 1. The van der Waals surface area contributed by atoms with Gasteiger partial charge in [-0.3, -0.25) is 4.79 Å². The summed E-state index contributed by atoms with van der Waals surface area (Å²) < 4.78 is 43.5. The van der Waals surface area contributed by atoms with Crippen LogP contribution in [0.5, 0.6) is 11.5 Å². The summed E-state index contributed by atoms with van der Waals surface area (Å²) in [5.74, 6) is 1.08. The molecule has 0 saturated carbocycles. The first kappa shape index (κ1) is 22.4. The fourth-order valence-corrected chi connectivity index (χ4v) is 5.38. The summed E-state index contributed by atoms with van der Waals surface area (Å²) in [4.78, 5) is 16.8. The minimum Gasteiger partial charge on any atom is -0.486 e. The molecule has 0 bridgehead atoms. The Morgan fingerprint density at radius 1 is 1.09 bits per heavy atom. The van der Waals surface area contributed by atoms with E-state index in [2.05, 4.69) is 10.3 Å². The molecule has 2 heterocycles. The van der Waals surface area contributed by atoms with E-state index < -0.39 is 10.0 Å². The predicted molar refractivity (Wildman–Crippen MR) is 121 cm³/mol. The van der Waals surface area contributed by atoms with Crippen molar-refractivity contribution in [2.45, 2.75) is 24.0 Å². The van der Waals surface area contributed by atoms with E-state index in [4.69, 9.17) is 13.9 Å². The number of oxazole rings is 1. The average molecular weight is 478 g/mol. The summed E-state index contributed by atoms with van der Waals surface area (Å²) in [6.07, 6.45) is 0. The lowest BCUT2D eigenvalue weighted by atomic mass is 10.2. The molecule has 0 fully saturated rings. The van der Waals surface area contributed by atoms with Gasteiger partial charge in [-0.15, -0.1) is 0 Å². The van der Waals surface area contributed by atoms with Gasteiger partial charge < -0.3 is 19.2 Å². The molecule has 2 aromatic carbocycles. The minimum atomic E-state index is -3.59. The summed E-state index contributed by atoms with van der Waals surface area (Å²) in [6, 6.07) is 9.79. The number of nitrogens with zero attached hydrogens (tertiary/aromatic N) is 2. The molecule has 9 nitrogen and oxygen atoms in total. The van der Waals surface area contributed by atoms with Crippen molar-refractivity contribution in [3.05, 3.63) is 36.4 Å². The van der Waals surface area contributed by atoms with E-state index in [1.165, 1.54) is 16.4 Å². The third kappa shape index (κ3) is 4.69. The summed E-state index contributed by atoms with van der Waals surface area (Å²) in [5, 5.41) is 3.09. The van der Waals surface area contributed by atoms with Crippen molar-refractivity contribution in [3.8, 4) is 11.5 Å². The van der Waals surface area contributed by atoms with Gasteiger partial charge in [0.25, 0.3) is 5.22 Å². The fourth-order valence-electron chi connectivity index (χ4n) is 3.27. The Hall–Kier alpha value is -2.76. The molecular formula is C21H23N3O6S2. The van der Waals surface area contributed by atoms with E-state index in [9.17, 15) is 13.2 Å². The van der Waals surface area contributed by atoms with Gasteiger partial charge in [0.15, 0.2) is 17.1 Å². The molecule has 4 rings (SSSR count). The molecule has 32 heavy (non-hydrogen) atoms. The first-order valence-electron chi connectivity index (χ1n) is 10.1. The second-order valence-corrected chi connectivity index (χ2v) is 9.76. The van der Waals surface area contributed by atoms with Crippen LogP contribution in [0.15, 0.2) is 50.9 Å². The fraction of sp³-hybridized carbons (Fsp3) is 0.333. The van der Waals surface area contributed by atoms with Crippen molar-refractivity contribution >= 4 is 44.5 Å². The second-order valence-electron chi connectivity index (χ2n) is 6.89. The minimum absolute atomic E-state index is 0.0753. The van der Waals surface area contributed by atoms with E-state index >= 15 is 0 Å². The lowest BCUT2D eigenvalue weighted by Crippen LogP contribution is -2.30. The Balaban J connectivity index is 1.42. The number of aromatic nitrogens is 1. The summed E-state index contributed by atoms with van der Waals surface area (Å²) >= 11 is 1.13. The molecule has 1 aliphatic rings. The smallest absolute Gasteiger partial charge is 0.257 e. The average Bonchev–Trinajstić information content (AvgIpc) is 3.20. The zero-order valence-electron chi connectivity index (χ0n) is 17.7. The van der Waals surface area contributed by atoms with E-state index in [0.29, 0.717) is 54.6 Å². The molecule has 0 saturated heterocycles. The van der Waals surface area contributed by atoms with Gasteiger partial charge in [-0.25, -0.2) is 13.4 Å². The van der Waals surface area contributed by atoms with Crippen molar-refractivity contribution in [2.75, 3.05) is 37.4 Å². The van der Waals surface area contributed by atoms with Crippen LogP contribution in [-0.2, 0) is 14.8 Å². The van der Waals surface area contributed by atoms with Crippen LogP contribution in [0.2, 0.25) is 0 Å². The zero-order valence-corrected chi connectivity index (χ0v) is 19.3. The van der Waals surface area contributed by atoms with Gasteiger partial charge in [0.2, 0.25) is 15.9 Å². The maximum atomic E-state index is 12.7. The number of sulfonamides is 1. The largest absolute Gasteiger partial charge is 0.486 e. The van der Waals surface area contributed by atoms with Crippen LogP contribution in [0.3, 0.4) is 0 Å². The number of amides is 1. The number of ether oxygens (including phenoxy) is 2. The van der Waals surface area contributed by atoms with E-state index in [1.54, 1.807) is 38.1 Å². The van der Waals surface area contributed by atoms with Crippen molar-refractivity contribution in [1.29, 1.82) is 0 Å². The third-order valence-electron chi connectivity index (χ3n) is 4.84. The van der Waals surface area contributed by atoms with Gasteiger partial charge in [-0.05, 0) is 30.3 Å². The molecule has 1 aromatic heterocycles. The van der Waals surface area contributed by atoms with Crippen LogP contribution >= 0.6 is 11.8 Å². The number of carbonyl (C=O) groups is 1. The lowest BCUT2D eigenvalue weighted by Gasteiger charge is -2.18. The number of hydrogen-bond acceptors (Lipinski definition) is 8. The number of benzene rings is 2. The predicted octanol–water partition coefficient (Wildman–Crippen LogP) is 3.36. The third-order valence-corrected chi connectivity index (χ3v) is 7.71. The maximum absolute atomic E-state index is 12.7. The van der Waals surface area contributed by atoms with Crippen LogP contribution < -0.4 is 14.8 Å². The molecule has 170 valence electrons. The molecule has 0 spiro atoms. The number of hydrogen-bond donors (Lipinski definition) is 1. The number of thioether (sulfide) groups is 1. The molecule has 0 aliphatic carbocycles. The van der Waals surface area contributed by atoms with Crippen molar-refractivity contribution in [2.24, 2.45) is 0 Å².